The van der Waals surface area contributed by atoms with Gasteiger partial charge in [0, 0.05) is 17.0 Å². The Kier molecular flexibility index (Phi) is 3.64. The number of hydrogen-bond donors (Lipinski definition) is 1. The fourth-order valence-electron chi connectivity index (χ4n) is 1.71. The summed E-state index contributed by atoms with van der Waals surface area (Å²) in [6, 6.07) is 6.81. The number of aromatic nitrogens is 1. The predicted molar refractivity (Wildman–Crippen MR) is 64.0 cm³/mol. The van der Waals surface area contributed by atoms with Gasteiger partial charge in [-0.15, -0.1) is 11.3 Å². The summed E-state index contributed by atoms with van der Waals surface area (Å²) in [7, 11) is 0. The standard InChI is InChI=1S/C12H13FN2S/c13-12-4-2-1-3-11(12)9(6-14)5-10-7-15-8-16-10/h1-4,7-9H,5-6,14H2. The van der Waals surface area contributed by atoms with Crippen molar-refractivity contribution in [2.45, 2.75) is 12.3 Å². The molecule has 2 aromatic rings. The molecule has 1 aromatic carbocycles. The van der Waals surface area contributed by atoms with Crippen molar-refractivity contribution in [1.82, 2.24) is 4.98 Å². The molecule has 0 aliphatic heterocycles. The third-order valence-corrected chi connectivity index (χ3v) is 3.36. The first-order valence-corrected chi connectivity index (χ1v) is 6.01. The zero-order valence-corrected chi connectivity index (χ0v) is 9.58. The molecule has 2 rings (SSSR count). The summed E-state index contributed by atoms with van der Waals surface area (Å²) in [6.07, 6.45) is 2.57. The molecule has 0 saturated carbocycles. The zero-order valence-electron chi connectivity index (χ0n) is 8.77. The van der Waals surface area contributed by atoms with Gasteiger partial charge in [-0.25, -0.2) is 4.39 Å². The Hall–Kier alpha value is -1.26. The zero-order chi connectivity index (χ0) is 11.4. The van der Waals surface area contributed by atoms with E-state index in [1.807, 2.05) is 12.3 Å². The molecule has 4 heteroatoms. The second kappa shape index (κ2) is 5.18. The summed E-state index contributed by atoms with van der Waals surface area (Å²) in [6.45, 7) is 0.443. The average Bonchev–Trinajstić information content (AvgIpc) is 2.80. The third kappa shape index (κ3) is 2.46. The van der Waals surface area contributed by atoms with Crippen LogP contribution in [0, 0.1) is 5.82 Å². The van der Waals surface area contributed by atoms with Crippen molar-refractivity contribution in [3.05, 3.63) is 52.2 Å². The summed E-state index contributed by atoms with van der Waals surface area (Å²) < 4.78 is 13.6. The van der Waals surface area contributed by atoms with Crippen LogP contribution in [0.1, 0.15) is 16.4 Å². The minimum atomic E-state index is -0.178. The number of hydrogen-bond acceptors (Lipinski definition) is 3. The number of nitrogens with two attached hydrogens (primary N) is 1. The molecule has 84 valence electrons. The Balaban J connectivity index is 2.20. The Morgan fingerprint density at radius 1 is 1.38 bits per heavy atom. The van der Waals surface area contributed by atoms with E-state index in [-0.39, 0.29) is 11.7 Å². The first-order valence-electron chi connectivity index (χ1n) is 5.13. The Morgan fingerprint density at radius 3 is 2.81 bits per heavy atom. The summed E-state index contributed by atoms with van der Waals surface area (Å²) in [5.41, 5.74) is 8.18. The molecular weight excluding hydrogens is 223 g/mol. The molecule has 1 aromatic heterocycles. The average molecular weight is 236 g/mol. The van der Waals surface area contributed by atoms with Crippen LogP contribution in [0.3, 0.4) is 0 Å². The van der Waals surface area contributed by atoms with E-state index in [4.69, 9.17) is 5.73 Å². The molecule has 0 bridgehead atoms. The summed E-state index contributed by atoms with van der Waals surface area (Å²) in [5.74, 6) is -0.149. The molecule has 0 radical (unpaired) electrons. The number of halogens is 1. The Labute approximate surface area is 97.9 Å². The molecule has 1 heterocycles. The maximum atomic E-state index is 13.6. The van der Waals surface area contributed by atoms with E-state index < -0.39 is 0 Å². The molecule has 2 N–H and O–H groups in total. The van der Waals surface area contributed by atoms with Gasteiger partial charge >= 0.3 is 0 Å². The highest BCUT2D eigenvalue weighted by atomic mass is 32.1. The molecule has 0 aliphatic carbocycles. The molecule has 16 heavy (non-hydrogen) atoms. The number of thiazole rings is 1. The van der Waals surface area contributed by atoms with Crippen LogP contribution < -0.4 is 5.73 Å². The van der Waals surface area contributed by atoms with Crippen LogP contribution in [-0.2, 0) is 6.42 Å². The van der Waals surface area contributed by atoms with E-state index in [1.54, 1.807) is 29.0 Å². The quantitative estimate of drug-likeness (QED) is 0.886. The molecule has 1 unspecified atom stereocenters. The van der Waals surface area contributed by atoms with Gasteiger partial charge in [-0.05, 0) is 24.6 Å². The first kappa shape index (κ1) is 11.2. The minimum absolute atomic E-state index is 0.0293. The van der Waals surface area contributed by atoms with E-state index >= 15 is 0 Å². The molecule has 0 fully saturated rings. The van der Waals surface area contributed by atoms with Crippen LogP contribution in [-0.4, -0.2) is 11.5 Å². The SMILES string of the molecule is NCC(Cc1cncs1)c1ccccc1F. The lowest BCUT2D eigenvalue weighted by atomic mass is 9.95. The van der Waals surface area contributed by atoms with Crippen LogP contribution in [0.5, 0.6) is 0 Å². The van der Waals surface area contributed by atoms with Gasteiger partial charge in [0.25, 0.3) is 0 Å². The van der Waals surface area contributed by atoms with Gasteiger partial charge in [-0.1, -0.05) is 18.2 Å². The highest BCUT2D eigenvalue weighted by Gasteiger charge is 2.15. The minimum Gasteiger partial charge on any atom is -0.330 e. The Morgan fingerprint density at radius 2 is 2.19 bits per heavy atom. The highest BCUT2D eigenvalue weighted by Crippen LogP contribution is 2.23. The van der Waals surface area contributed by atoms with E-state index in [0.717, 1.165) is 11.3 Å². The highest BCUT2D eigenvalue weighted by molar-refractivity contribution is 7.09. The predicted octanol–water partition coefficient (Wildman–Crippen LogP) is 2.57. The first-order chi connectivity index (χ1) is 7.81. The van der Waals surface area contributed by atoms with Gasteiger partial charge < -0.3 is 5.73 Å². The number of rotatable bonds is 4. The Bertz CT molecular complexity index is 442. The lowest BCUT2D eigenvalue weighted by molar-refractivity contribution is 0.577. The van der Waals surface area contributed by atoms with Gasteiger partial charge in [-0.2, -0.15) is 0 Å². The number of benzene rings is 1. The monoisotopic (exact) mass is 236 g/mol. The summed E-state index contributed by atoms with van der Waals surface area (Å²) in [4.78, 5) is 5.15. The number of nitrogens with zero attached hydrogens (tertiary/aromatic N) is 1. The summed E-state index contributed by atoms with van der Waals surface area (Å²) in [5, 5.41) is 0. The largest absolute Gasteiger partial charge is 0.330 e. The smallest absolute Gasteiger partial charge is 0.126 e. The molecule has 1 atom stereocenters. The van der Waals surface area contributed by atoms with E-state index in [9.17, 15) is 4.39 Å². The second-order valence-corrected chi connectivity index (χ2v) is 4.60. The fourth-order valence-corrected chi connectivity index (χ4v) is 2.39. The topological polar surface area (TPSA) is 38.9 Å². The van der Waals surface area contributed by atoms with Crippen molar-refractivity contribution in [2.24, 2.45) is 5.73 Å². The van der Waals surface area contributed by atoms with Gasteiger partial charge in [0.15, 0.2) is 0 Å². The second-order valence-electron chi connectivity index (χ2n) is 3.63. The van der Waals surface area contributed by atoms with Gasteiger partial charge in [0.1, 0.15) is 5.82 Å². The lowest BCUT2D eigenvalue weighted by Gasteiger charge is -2.14. The van der Waals surface area contributed by atoms with Gasteiger partial charge in [-0.3, -0.25) is 4.98 Å². The summed E-state index contributed by atoms with van der Waals surface area (Å²) >= 11 is 1.58. The van der Waals surface area contributed by atoms with Gasteiger partial charge in [0.05, 0.1) is 5.51 Å². The van der Waals surface area contributed by atoms with Crippen LogP contribution in [0.4, 0.5) is 4.39 Å². The van der Waals surface area contributed by atoms with Crippen molar-refractivity contribution >= 4 is 11.3 Å². The fraction of sp³-hybridized carbons (Fsp3) is 0.250. The van der Waals surface area contributed by atoms with Gasteiger partial charge in [0.2, 0.25) is 0 Å². The maximum absolute atomic E-state index is 13.6. The molecule has 0 aliphatic rings. The van der Waals surface area contributed by atoms with Crippen LogP contribution >= 0.6 is 11.3 Å². The van der Waals surface area contributed by atoms with E-state index in [0.29, 0.717) is 12.1 Å². The van der Waals surface area contributed by atoms with E-state index in [1.165, 1.54) is 6.07 Å². The molecular formula is C12H13FN2S. The van der Waals surface area contributed by atoms with E-state index in [2.05, 4.69) is 4.98 Å². The molecule has 2 nitrogen and oxygen atoms in total. The van der Waals surface area contributed by atoms with Crippen molar-refractivity contribution < 1.29 is 4.39 Å². The van der Waals surface area contributed by atoms with Crippen molar-refractivity contribution in [3.63, 3.8) is 0 Å². The van der Waals surface area contributed by atoms with Crippen molar-refractivity contribution in [2.75, 3.05) is 6.54 Å². The maximum Gasteiger partial charge on any atom is 0.126 e. The molecule has 0 amide bonds. The lowest BCUT2D eigenvalue weighted by Crippen LogP contribution is -2.15. The molecule has 0 saturated heterocycles. The van der Waals surface area contributed by atoms with Crippen LogP contribution in [0.15, 0.2) is 36.0 Å². The molecule has 0 spiro atoms. The van der Waals surface area contributed by atoms with Crippen molar-refractivity contribution in [1.29, 1.82) is 0 Å². The van der Waals surface area contributed by atoms with Crippen molar-refractivity contribution in [3.8, 4) is 0 Å². The third-order valence-electron chi connectivity index (χ3n) is 2.56. The normalized spacial score (nSPS) is 12.6. The van der Waals surface area contributed by atoms with Crippen LogP contribution in [0.2, 0.25) is 0 Å². The van der Waals surface area contributed by atoms with Crippen LogP contribution in [0.25, 0.3) is 0 Å².